The molecule has 1 heterocycles. The lowest BCUT2D eigenvalue weighted by Gasteiger charge is -2.34. The Morgan fingerprint density at radius 2 is 1.89 bits per heavy atom. The summed E-state index contributed by atoms with van der Waals surface area (Å²) in [6.45, 7) is 0.977. The predicted octanol–water partition coefficient (Wildman–Crippen LogP) is 1.24. The maximum absolute atomic E-state index is 12.4. The van der Waals surface area contributed by atoms with E-state index < -0.39 is 25.4 Å². The van der Waals surface area contributed by atoms with E-state index in [-0.39, 0.29) is 12.5 Å². The zero-order valence-corrected chi connectivity index (χ0v) is 11.1. The van der Waals surface area contributed by atoms with Crippen LogP contribution in [0.1, 0.15) is 26.2 Å². The number of carbonyl (C=O) groups is 1. The van der Waals surface area contributed by atoms with Crippen molar-refractivity contribution in [1.82, 2.24) is 9.80 Å². The minimum atomic E-state index is -4.37. The number of hydrogen-bond donors (Lipinski definition) is 1. The maximum Gasteiger partial charge on any atom is 0.401 e. The fourth-order valence-electron chi connectivity index (χ4n) is 2.30. The third-order valence-electron chi connectivity index (χ3n) is 3.34. The molecule has 0 aliphatic carbocycles. The highest BCUT2D eigenvalue weighted by Gasteiger charge is 2.35. The summed E-state index contributed by atoms with van der Waals surface area (Å²) in [6.07, 6.45) is -1.51. The first-order valence-corrected chi connectivity index (χ1v) is 6.55. The van der Waals surface area contributed by atoms with Crippen LogP contribution >= 0.6 is 0 Å². The van der Waals surface area contributed by atoms with Crippen molar-refractivity contribution in [3.63, 3.8) is 0 Å². The molecule has 0 aromatic heterocycles. The van der Waals surface area contributed by atoms with Crippen molar-refractivity contribution >= 4 is 5.91 Å². The molecule has 1 rings (SSSR count). The van der Waals surface area contributed by atoms with Crippen LogP contribution in [0.25, 0.3) is 0 Å². The molecule has 0 radical (unpaired) electrons. The normalized spacial score (nSPS) is 18.7. The van der Waals surface area contributed by atoms with Gasteiger partial charge in [0.1, 0.15) is 0 Å². The second-order valence-corrected chi connectivity index (χ2v) is 4.87. The molecule has 1 unspecified atom stereocenters. The zero-order valence-electron chi connectivity index (χ0n) is 11.1. The van der Waals surface area contributed by atoms with Crippen LogP contribution in [0, 0.1) is 0 Å². The second-order valence-electron chi connectivity index (χ2n) is 4.87. The summed E-state index contributed by atoms with van der Waals surface area (Å²) in [5.74, 6) is -0.280. The Morgan fingerprint density at radius 1 is 1.32 bits per heavy atom. The molecule has 1 amide bonds. The van der Waals surface area contributed by atoms with Crippen molar-refractivity contribution in [2.45, 2.75) is 38.4 Å². The van der Waals surface area contributed by atoms with E-state index in [0.717, 1.165) is 24.2 Å². The van der Waals surface area contributed by atoms with E-state index in [1.54, 1.807) is 4.90 Å². The van der Waals surface area contributed by atoms with E-state index in [2.05, 4.69) is 0 Å². The van der Waals surface area contributed by atoms with Crippen LogP contribution in [0.15, 0.2) is 0 Å². The molecular formula is C12H21F3N2O2. The summed E-state index contributed by atoms with van der Waals surface area (Å²) in [6, 6.07) is -0.855. The Bertz CT molecular complexity index is 291. The molecule has 4 nitrogen and oxygen atoms in total. The molecule has 19 heavy (non-hydrogen) atoms. The standard InChI is InChI=1S/C12H21F3N2O2/c1-10(11(19)16-5-3-2-4-6-16)17(7-8-18)9-12(13,14)15/h10,18H,2-9H2,1H3. The highest BCUT2D eigenvalue weighted by molar-refractivity contribution is 5.81. The van der Waals surface area contributed by atoms with Gasteiger partial charge >= 0.3 is 6.18 Å². The number of rotatable bonds is 5. The summed E-state index contributed by atoms with van der Waals surface area (Å²) in [7, 11) is 0. The van der Waals surface area contributed by atoms with E-state index in [1.165, 1.54) is 6.92 Å². The number of carbonyl (C=O) groups excluding carboxylic acids is 1. The Kier molecular flexibility index (Phi) is 6.06. The van der Waals surface area contributed by atoms with E-state index >= 15 is 0 Å². The number of nitrogens with zero attached hydrogens (tertiary/aromatic N) is 2. The quantitative estimate of drug-likeness (QED) is 0.825. The van der Waals surface area contributed by atoms with Gasteiger partial charge in [0.25, 0.3) is 0 Å². The monoisotopic (exact) mass is 282 g/mol. The molecule has 0 aromatic rings. The van der Waals surface area contributed by atoms with Gasteiger partial charge in [-0.15, -0.1) is 0 Å². The van der Waals surface area contributed by atoms with Gasteiger partial charge in [-0.25, -0.2) is 0 Å². The van der Waals surface area contributed by atoms with E-state index in [4.69, 9.17) is 5.11 Å². The average Bonchev–Trinajstić information content (AvgIpc) is 2.36. The Balaban J connectivity index is 2.63. The summed E-state index contributed by atoms with van der Waals surface area (Å²) in [5, 5.41) is 8.84. The lowest BCUT2D eigenvalue weighted by atomic mass is 10.1. The van der Waals surface area contributed by atoms with Crippen LogP contribution in [-0.4, -0.2) is 65.8 Å². The molecule has 1 saturated heterocycles. The van der Waals surface area contributed by atoms with Crippen LogP contribution in [0.5, 0.6) is 0 Å². The fourth-order valence-corrected chi connectivity index (χ4v) is 2.30. The largest absolute Gasteiger partial charge is 0.401 e. The molecule has 1 fully saturated rings. The van der Waals surface area contributed by atoms with Crippen molar-refractivity contribution in [2.24, 2.45) is 0 Å². The van der Waals surface area contributed by atoms with Crippen molar-refractivity contribution in [3.05, 3.63) is 0 Å². The highest BCUT2D eigenvalue weighted by Crippen LogP contribution is 2.19. The van der Waals surface area contributed by atoms with Gasteiger partial charge in [-0.1, -0.05) is 0 Å². The van der Waals surface area contributed by atoms with Gasteiger partial charge in [-0.2, -0.15) is 13.2 Å². The third kappa shape index (κ3) is 5.36. The summed E-state index contributed by atoms with van der Waals surface area (Å²) in [5.41, 5.74) is 0. The predicted molar refractivity (Wildman–Crippen MR) is 64.6 cm³/mol. The van der Waals surface area contributed by atoms with Crippen LogP contribution in [0.3, 0.4) is 0 Å². The first-order chi connectivity index (χ1) is 8.85. The molecule has 1 aliphatic rings. The number of alkyl halides is 3. The molecule has 1 aliphatic heterocycles. The lowest BCUT2D eigenvalue weighted by molar-refractivity contribution is -0.159. The summed E-state index contributed by atoms with van der Waals surface area (Å²) >= 11 is 0. The zero-order chi connectivity index (χ0) is 14.5. The van der Waals surface area contributed by atoms with Crippen molar-refractivity contribution in [1.29, 1.82) is 0 Å². The topological polar surface area (TPSA) is 43.8 Å². The Labute approximate surface area is 111 Å². The van der Waals surface area contributed by atoms with Crippen molar-refractivity contribution < 1.29 is 23.1 Å². The van der Waals surface area contributed by atoms with Gasteiger partial charge in [0, 0.05) is 19.6 Å². The Hall–Kier alpha value is -0.820. The highest BCUT2D eigenvalue weighted by atomic mass is 19.4. The van der Waals surface area contributed by atoms with Gasteiger partial charge in [-0.3, -0.25) is 9.69 Å². The molecule has 0 bridgehead atoms. The van der Waals surface area contributed by atoms with Crippen LogP contribution in [-0.2, 0) is 4.79 Å². The van der Waals surface area contributed by atoms with E-state index in [0.29, 0.717) is 13.1 Å². The number of piperidine rings is 1. The van der Waals surface area contributed by atoms with E-state index in [9.17, 15) is 18.0 Å². The van der Waals surface area contributed by atoms with Crippen molar-refractivity contribution in [2.75, 3.05) is 32.8 Å². The molecule has 0 aromatic carbocycles. The molecule has 1 atom stereocenters. The number of amides is 1. The third-order valence-corrected chi connectivity index (χ3v) is 3.34. The SMILES string of the molecule is CC(C(=O)N1CCCCC1)N(CCO)CC(F)(F)F. The number of likely N-dealkylation sites (tertiary alicyclic amines) is 1. The molecular weight excluding hydrogens is 261 g/mol. The number of aliphatic hydroxyl groups excluding tert-OH is 1. The molecule has 7 heteroatoms. The number of hydrogen-bond acceptors (Lipinski definition) is 3. The molecule has 0 spiro atoms. The van der Waals surface area contributed by atoms with Gasteiger partial charge in [-0.05, 0) is 26.2 Å². The van der Waals surface area contributed by atoms with Crippen LogP contribution in [0.4, 0.5) is 13.2 Å². The summed E-state index contributed by atoms with van der Waals surface area (Å²) < 4.78 is 37.3. The van der Waals surface area contributed by atoms with Gasteiger partial charge in [0.05, 0.1) is 19.2 Å². The van der Waals surface area contributed by atoms with Crippen LogP contribution < -0.4 is 0 Å². The van der Waals surface area contributed by atoms with Gasteiger partial charge < -0.3 is 10.0 Å². The van der Waals surface area contributed by atoms with Crippen LogP contribution in [0.2, 0.25) is 0 Å². The molecule has 112 valence electrons. The van der Waals surface area contributed by atoms with E-state index in [1.807, 2.05) is 0 Å². The second kappa shape index (κ2) is 7.09. The molecule has 1 N–H and O–H groups in total. The maximum atomic E-state index is 12.4. The first-order valence-electron chi connectivity index (χ1n) is 6.55. The average molecular weight is 282 g/mol. The lowest BCUT2D eigenvalue weighted by Crippen LogP contribution is -2.51. The summed E-state index contributed by atoms with van der Waals surface area (Å²) in [4.78, 5) is 14.7. The van der Waals surface area contributed by atoms with Gasteiger partial charge in [0.15, 0.2) is 0 Å². The minimum absolute atomic E-state index is 0.153. The smallest absolute Gasteiger partial charge is 0.395 e. The molecule has 0 saturated carbocycles. The fraction of sp³-hybridized carbons (Fsp3) is 0.917. The van der Waals surface area contributed by atoms with Crippen molar-refractivity contribution in [3.8, 4) is 0 Å². The first kappa shape index (κ1) is 16.2. The number of halogens is 3. The minimum Gasteiger partial charge on any atom is -0.395 e. The number of aliphatic hydroxyl groups is 1. The van der Waals surface area contributed by atoms with Gasteiger partial charge in [0.2, 0.25) is 5.91 Å². The Morgan fingerprint density at radius 3 is 2.37 bits per heavy atom.